The van der Waals surface area contributed by atoms with Crippen molar-refractivity contribution in [1.29, 1.82) is 0 Å². The second-order valence-corrected chi connectivity index (χ2v) is 5.27. The van der Waals surface area contributed by atoms with Gasteiger partial charge in [-0.05, 0) is 12.0 Å². The Morgan fingerprint density at radius 3 is 2.83 bits per heavy atom. The number of amides is 1. The van der Waals surface area contributed by atoms with Crippen molar-refractivity contribution in [2.75, 3.05) is 6.61 Å². The van der Waals surface area contributed by atoms with E-state index in [0.717, 1.165) is 12.0 Å². The molecule has 23 heavy (non-hydrogen) atoms. The number of benzene rings is 1. The number of aromatic nitrogens is 3. The Morgan fingerprint density at radius 2 is 2.13 bits per heavy atom. The third-order valence-corrected chi connectivity index (χ3v) is 3.63. The number of nitrogens with zero attached hydrogens (tertiary/aromatic N) is 3. The molecule has 0 spiro atoms. The summed E-state index contributed by atoms with van der Waals surface area (Å²) in [4.78, 5) is 22.9. The molecule has 2 heterocycles. The highest BCUT2D eigenvalue weighted by atomic mass is 16.5. The van der Waals surface area contributed by atoms with E-state index < -0.39 is 5.97 Å². The van der Waals surface area contributed by atoms with Crippen molar-refractivity contribution in [3.8, 4) is 0 Å². The molecule has 0 radical (unpaired) electrons. The van der Waals surface area contributed by atoms with Gasteiger partial charge in [0.1, 0.15) is 12.6 Å². The molecule has 1 saturated heterocycles. The fourth-order valence-corrected chi connectivity index (χ4v) is 2.58. The monoisotopic (exact) mass is 316 g/mol. The molecule has 1 aromatic carbocycles. The minimum Gasteiger partial charge on any atom is -0.476 e. The molecule has 0 saturated carbocycles. The molecule has 8 nitrogen and oxygen atoms in total. The lowest BCUT2D eigenvalue weighted by molar-refractivity contribution is -0.123. The van der Waals surface area contributed by atoms with Crippen LogP contribution in [0.25, 0.3) is 0 Å². The summed E-state index contributed by atoms with van der Waals surface area (Å²) in [7, 11) is 0. The van der Waals surface area contributed by atoms with Gasteiger partial charge in [0, 0.05) is 6.61 Å². The molecule has 120 valence electrons. The number of rotatable bonds is 5. The molecule has 2 unspecified atom stereocenters. The van der Waals surface area contributed by atoms with Crippen molar-refractivity contribution in [2.24, 2.45) is 0 Å². The van der Waals surface area contributed by atoms with Crippen molar-refractivity contribution < 1.29 is 19.4 Å². The Labute approximate surface area is 132 Å². The first-order valence-electron chi connectivity index (χ1n) is 7.23. The van der Waals surface area contributed by atoms with Crippen molar-refractivity contribution in [2.45, 2.75) is 25.1 Å². The van der Waals surface area contributed by atoms with E-state index in [9.17, 15) is 9.59 Å². The lowest BCUT2D eigenvalue weighted by Crippen LogP contribution is -2.38. The lowest BCUT2D eigenvalue weighted by atomic mass is 10.0. The van der Waals surface area contributed by atoms with Crippen molar-refractivity contribution in [1.82, 2.24) is 20.3 Å². The molecule has 0 bridgehead atoms. The first-order chi connectivity index (χ1) is 11.1. The van der Waals surface area contributed by atoms with Crippen LogP contribution in [0.15, 0.2) is 36.5 Å². The Kier molecular flexibility index (Phi) is 4.33. The Hall–Kier alpha value is -2.74. The topological polar surface area (TPSA) is 106 Å². The fraction of sp³-hybridized carbons (Fsp3) is 0.333. The normalized spacial score (nSPS) is 20.3. The fourth-order valence-electron chi connectivity index (χ4n) is 2.58. The number of carboxylic acids is 1. The van der Waals surface area contributed by atoms with Crippen LogP contribution in [0.5, 0.6) is 0 Å². The van der Waals surface area contributed by atoms with E-state index in [2.05, 4.69) is 15.6 Å². The summed E-state index contributed by atoms with van der Waals surface area (Å²) in [6.07, 6.45) is 1.77. The van der Waals surface area contributed by atoms with Crippen LogP contribution in [-0.2, 0) is 16.1 Å². The molecule has 2 N–H and O–H groups in total. The minimum absolute atomic E-state index is 0.0850. The molecule has 1 fully saturated rings. The summed E-state index contributed by atoms with van der Waals surface area (Å²) in [5, 5.41) is 18.8. The van der Waals surface area contributed by atoms with Gasteiger partial charge in [-0.2, -0.15) is 0 Å². The predicted molar refractivity (Wildman–Crippen MR) is 78.7 cm³/mol. The number of carbonyl (C=O) groups excluding carboxylic acids is 1. The predicted octanol–water partition coefficient (Wildman–Crippen LogP) is 0.623. The van der Waals surface area contributed by atoms with Crippen LogP contribution in [0.1, 0.15) is 28.6 Å². The van der Waals surface area contributed by atoms with Gasteiger partial charge < -0.3 is 15.2 Å². The maximum absolute atomic E-state index is 12.1. The Morgan fingerprint density at radius 1 is 1.35 bits per heavy atom. The molecule has 2 aromatic rings. The first-order valence-corrected chi connectivity index (χ1v) is 7.23. The van der Waals surface area contributed by atoms with Gasteiger partial charge in [-0.25, -0.2) is 9.48 Å². The summed E-state index contributed by atoms with van der Waals surface area (Å²) in [5.41, 5.74) is 0.827. The Bertz CT molecular complexity index is 701. The van der Waals surface area contributed by atoms with Gasteiger partial charge in [-0.1, -0.05) is 35.5 Å². The standard InChI is InChI=1S/C15H16N4O4/c20-13(9-19-8-12(15(21)22)17-18-19)16-11-6-7-23-14(11)10-4-2-1-3-5-10/h1-5,8,11,14H,6-7,9H2,(H,16,20)(H,21,22). The molecule has 1 aliphatic rings. The van der Waals surface area contributed by atoms with Crippen LogP contribution in [0.4, 0.5) is 0 Å². The van der Waals surface area contributed by atoms with Crippen LogP contribution in [0.2, 0.25) is 0 Å². The zero-order valence-electron chi connectivity index (χ0n) is 12.3. The summed E-state index contributed by atoms with van der Waals surface area (Å²) in [6, 6.07) is 9.60. The van der Waals surface area contributed by atoms with Crippen molar-refractivity contribution in [3.63, 3.8) is 0 Å². The number of carbonyl (C=O) groups is 2. The van der Waals surface area contributed by atoms with Crippen molar-refractivity contribution in [3.05, 3.63) is 47.8 Å². The van der Waals surface area contributed by atoms with Gasteiger partial charge in [0.2, 0.25) is 5.91 Å². The van der Waals surface area contributed by atoms with E-state index in [1.165, 1.54) is 10.9 Å². The number of hydrogen-bond acceptors (Lipinski definition) is 5. The highest BCUT2D eigenvalue weighted by Crippen LogP contribution is 2.28. The summed E-state index contributed by atoms with van der Waals surface area (Å²) in [6.45, 7) is 0.495. The molecule has 8 heteroatoms. The van der Waals surface area contributed by atoms with E-state index in [1.807, 2.05) is 30.3 Å². The van der Waals surface area contributed by atoms with Gasteiger partial charge in [0.15, 0.2) is 5.69 Å². The Balaban J connectivity index is 1.61. The van der Waals surface area contributed by atoms with E-state index in [4.69, 9.17) is 9.84 Å². The minimum atomic E-state index is -1.18. The van der Waals surface area contributed by atoms with Crippen LogP contribution in [0, 0.1) is 0 Å². The first kappa shape index (κ1) is 15.2. The number of nitrogens with one attached hydrogen (secondary N) is 1. The number of ether oxygens (including phenoxy) is 1. The average Bonchev–Trinajstić information content (AvgIpc) is 3.17. The molecule has 1 aliphatic heterocycles. The summed E-state index contributed by atoms with van der Waals surface area (Å²) >= 11 is 0. The average molecular weight is 316 g/mol. The summed E-state index contributed by atoms with van der Waals surface area (Å²) < 4.78 is 6.91. The molecule has 0 aliphatic carbocycles. The third kappa shape index (κ3) is 3.54. The van der Waals surface area contributed by atoms with Gasteiger partial charge in [0.05, 0.1) is 12.2 Å². The van der Waals surface area contributed by atoms with Gasteiger partial charge in [-0.3, -0.25) is 4.79 Å². The molecular weight excluding hydrogens is 300 g/mol. The van der Waals surface area contributed by atoms with Crippen LogP contribution in [-0.4, -0.2) is 44.6 Å². The zero-order valence-corrected chi connectivity index (χ0v) is 12.3. The van der Waals surface area contributed by atoms with Crippen molar-refractivity contribution >= 4 is 11.9 Å². The van der Waals surface area contributed by atoms with E-state index >= 15 is 0 Å². The largest absolute Gasteiger partial charge is 0.476 e. The maximum Gasteiger partial charge on any atom is 0.358 e. The number of carboxylic acid groups (broad SMARTS) is 1. The number of hydrogen-bond donors (Lipinski definition) is 2. The smallest absolute Gasteiger partial charge is 0.358 e. The zero-order chi connectivity index (χ0) is 16.2. The molecule has 1 amide bonds. The third-order valence-electron chi connectivity index (χ3n) is 3.63. The maximum atomic E-state index is 12.1. The van der Waals surface area contributed by atoms with Crippen LogP contribution < -0.4 is 5.32 Å². The lowest BCUT2D eigenvalue weighted by Gasteiger charge is -2.20. The highest BCUT2D eigenvalue weighted by Gasteiger charge is 2.30. The van der Waals surface area contributed by atoms with E-state index in [-0.39, 0.29) is 30.3 Å². The summed E-state index contributed by atoms with van der Waals surface area (Å²) in [5.74, 6) is -1.44. The second kappa shape index (κ2) is 6.57. The number of aromatic carboxylic acids is 1. The van der Waals surface area contributed by atoms with Gasteiger partial charge >= 0.3 is 5.97 Å². The molecule has 2 atom stereocenters. The SMILES string of the molecule is O=C(Cn1cc(C(=O)O)nn1)NC1CCOC1c1ccccc1. The molecule has 1 aromatic heterocycles. The van der Waals surface area contributed by atoms with E-state index in [1.54, 1.807) is 0 Å². The van der Waals surface area contributed by atoms with Gasteiger partial charge in [0.25, 0.3) is 0 Å². The van der Waals surface area contributed by atoms with E-state index in [0.29, 0.717) is 6.61 Å². The highest BCUT2D eigenvalue weighted by molar-refractivity contribution is 5.84. The molecule has 3 rings (SSSR count). The van der Waals surface area contributed by atoms with Crippen LogP contribution in [0.3, 0.4) is 0 Å². The van der Waals surface area contributed by atoms with Crippen LogP contribution >= 0.6 is 0 Å². The second-order valence-electron chi connectivity index (χ2n) is 5.27. The van der Waals surface area contributed by atoms with Gasteiger partial charge in [-0.15, -0.1) is 5.10 Å². The quantitative estimate of drug-likeness (QED) is 0.837. The molecular formula is C15H16N4O4.